The first-order chi connectivity index (χ1) is 6.23. The summed E-state index contributed by atoms with van der Waals surface area (Å²) >= 11 is 4.78. The molecule has 0 atom stereocenters. The smallest absolute Gasteiger partial charge is 0.341 e. The molecule has 0 aliphatic heterocycles. The van der Waals surface area contributed by atoms with Crippen LogP contribution in [0.2, 0.25) is 0 Å². The molecule has 0 amide bonds. The fraction of sp³-hybridized carbons (Fsp3) is 0.667. The van der Waals surface area contributed by atoms with Crippen LogP contribution in [-0.4, -0.2) is 26.2 Å². The lowest BCUT2D eigenvalue weighted by Gasteiger charge is -2.31. The van der Waals surface area contributed by atoms with Crippen molar-refractivity contribution in [1.82, 2.24) is 0 Å². The van der Waals surface area contributed by atoms with Crippen LogP contribution >= 0.6 is 11.6 Å². The molecule has 0 spiro atoms. The lowest BCUT2D eigenvalue weighted by Crippen LogP contribution is -2.49. The normalized spacial score (nSPS) is 12.9. The van der Waals surface area contributed by atoms with E-state index in [-0.39, 0.29) is 0 Å². The standard InChI is InChI=1S/C6H6ClF5O2/c1-13-5(14-2,6(10,11)12)3(7)4(8)9/h1-2H3. The van der Waals surface area contributed by atoms with Gasteiger partial charge in [0, 0.05) is 14.2 Å². The summed E-state index contributed by atoms with van der Waals surface area (Å²) in [6.45, 7) is 0. The Morgan fingerprint density at radius 2 is 1.43 bits per heavy atom. The maximum absolute atomic E-state index is 12.3. The highest BCUT2D eigenvalue weighted by atomic mass is 35.5. The minimum atomic E-state index is -5.20. The lowest BCUT2D eigenvalue weighted by atomic mass is 10.2. The average Bonchev–Trinajstić information content (AvgIpc) is 2.04. The number of ether oxygens (including phenoxy) is 2. The summed E-state index contributed by atoms with van der Waals surface area (Å²) in [6, 6.07) is 0. The van der Waals surface area contributed by atoms with Crippen molar-refractivity contribution < 1.29 is 31.4 Å². The van der Waals surface area contributed by atoms with Crippen LogP contribution in [-0.2, 0) is 9.47 Å². The number of hydrogen-bond acceptors (Lipinski definition) is 2. The Morgan fingerprint density at radius 3 is 1.50 bits per heavy atom. The zero-order valence-corrected chi connectivity index (χ0v) is 7.84. The minimum Gasteiger partial charge on any atom is -0.341 e. The Balaban J connectivity index is 5.43. The molecule has 0 N–H and O–H groups in total. The van der Waals surface area contributed by atoms with Gasteiger partial charge in [-0.2, -0.15) is 22.0 Å². The van der Waals surface area contributed by atoms with Gasteiger partial charge in [-0.3, -0.25) is 0 Å². The fourth-order valence-electron chi connectivity index (χ4n) is 0.743. The van der Waals surface area contributed by atoms with E-state index in [9.17, 15) is 22.0 Å². The van der Waals surface area contributed by atoms with E-state index >= 15 is 0 Å². The van der Waals surface area contributed by atoms with Gasteiger partial charge >= 0.3 is 12.0 Å². The van der Waals surface area contributed by atoms with Crippen LogP contribution in [0.5, 0.6) is 0 Å². The van der Waals surface area contributed by atoms with Crippen molar-refractivity contribution in [3.63, 3.8) is 0 Å². The number of alkyl halides is 3. The minimum absolute atomic E-state index is 0.558. The maximum Gasteiger partial charge on any atom is 0.449 e. The Bertz CT molecular complexity index is 229. The summed E-state index contributed by atoms with van der Waals surface area (Å²) in [6.07, 6.45) is -7.91. The molecule has 0 radical (unpaired) electrons. The summed E-state index contributed by atoms with van der Waals surface area (Å²) in [5.74, 6) is -3.60. The Morgan fingerprint density at radius 1 is 1.07 bits per heavy atom. The van der Waals surface area contributed by atoms with Gasteiger partial charge < -0.3 is 9.47 Å². The molecule has 0 saturated carbocycles. The maximum atomic E-state index is 12.3. The molecular weight excluding hydrogens is 235 g/mol. The molecule has 0 bridgehead atoms. The van der Waals surface area contributed by atoms with Crippen LogP contribution in [0.25, 0.3) is 0 Å². The van der Waals surface area contributed by atoms with Crippen molar-refractivity contribution in [1.29, 1.82) is 0 Å². The van der Waals surface area contributed by atoms with Crippen molar-refractivity contribution in [2.45, 2.75) is 12.0 Å². The predicted octanol–water partition coefficient (Wildman–Crippen LogP) is 2.88. The molecule has 0 saturated heterocycles. The molecule has 84 valence electrons. The van der Waals surface area contributed by atoms with Crippen molar-refractivity contribution in [3.8, 4) is 0 Å². The highest BCUT2D eigenvalue weighted by Crippen LogP contribution is 2.42. The number of rotatable bonds is 3. The monoisotopic (exact) mass is 240 g/mol. The number of halogens is 6. The van der Waals surface area contributed by atoms with Crippen molar-refractivity contribution in [3.05, 3.63) is 11.1 Å². The number of methoxy groups -OCH3 is 2. The molecule has 0 unspecified atom stereocenters. The van der Waals surface area contributed by atoms with Gasteiger partial charge in [0.2, 0.25) is 0 Å². The molecule has 0 aromatic heterocycles. The van der Waals surface area contributed by atoms with Crippen LogP contribution in [0.1, 0.15) is 0 Å². The van der Waals surface area contributed by atoms with Crippen molar-refractivity contribution in [2.75, 3.05) is 14.2 Å². The third kappa shape index (κ3) is 2.15. The average molecular weight is 241 g/mol. The van der Waals surface area contributed by atoms with Gasteiger partial charge in [-0.15, -0.1) is 0 Å². The first-order valence-corrected chi connectivity index (χ1v) is 3.49. The van der Waals surface area contributed by atoms with Gasteiger partial charge in [-0.05, 0) is 0 Å². The molecule has 2 nitrogen and oxygen atoms in total. The van der Waals surface area contributed by atoms with Crippen LogP contribution < -0.4 is 0 Å². The van der Waals surface area contributed by atoms with E-state index < -0.39 is 23.1 Å². The Kier molecular flexibility index (Phi) is 4.29. The van der Waals surface area contributed by atoms with Gasteiger partial charge in [0.1, 0.15) is 0 Å². The van der Waals surface area contributed by atoms with Gasteiger partial charge in [-0.25, -0.2) is 0 Å². The van der Waals surface area contributed by atoms with Crippen LogP contribution in [0.4, 0.5) is 22.0 Å². The van der Waals surface area contributed by atoms with E-state index in [1.54, 1.807) is 0 Å². The van der Waals surface area contributed by atoms with E-state index in [1.165, 1.54) is 0 Å². The van der Waals surface area contributed by atoms with Gasteiger partial charge in [0.05, 0.1) is 0 Å². The first-order valence-electron chi connectivity index (χ1n) is 3.11. The Labute approximate surface area is 81.2 Å². The van der Waals surface area contributed by atoms with E-state index in [1.807, 2.05) is 0 Å². The molecule has 14 heavy (non-hydrogen) atoms. The summed E-state index contributed by atoms with van der Waals surface area (Å²) in [5.41, 5.74) is 0. The van der Waals surface area contributed by atoms with Crippen LogP contribution in [0.15, 0.2) is 11.1 Å². The van der Waals surface area contributed by atoms with E-state index in [4.69, 9.17) is 11.6 Å². The summed E-state index contributed by atoms with van der Waals surface area (Å²) in [7, 11) is 1.12. The molecular formula is C6H6ClF5O2. The molecule has 0 aliphatic carbocycles. The highest BCUT2D eigenvalue weighted by Gasteiger charge is 2.61. The van der Waals surface area contributed by atoms with Crippen LogP contribution in [0.3, 0.4) is 0 Å². The third-order valence-electron chi connectivity index (χ3n) is 1.40. The fourth-order valence-corrected chi connectivity index (χ4v) is 1.00. The van der Waals surface area contributed by atoms with Crippen molar-refractivity contribution >= 4 is 11.6 Å². The first kappa shape index (κ1) is 13.6. The van der Waals surface area contributed by atoms with Crippen LogP contribution in [0, 0.1) is 0 Å². The Hall–Kier alpha value is -0.400. The van der Waals surface area contributed by atoms with Crippen molar-refractivity contribution in [2.24, 2.45) is 0 Å². The zero-order chi connectivity index (χ0) is 11.6. The molecule has 0 aromatic carbocycles. The predicted molar refractivity (Wildman–Crippen MR) is 37.9 cm³/mol. The summed E-state index contributed by atoms with van der Waals surface area (Å²) in [5, 5.41) is -1.84. The lowest BCUT2D eigenvalue weighted by molar-refractivity contribution is -0.345. The summed E-state index contributed by atoms with van der Waals surface area (Å²) < 4.78 is 68.4. The molecule has 0 aliphatic rings. The largest absolute Gasteiger partial charge is 0.449 e. The van der Waals surface area contributed by atoms with E-state index in [2.05, 4.69) is 9.47 Å². The van der Waals surface area contributed by atoms with Gasteiger partial charge in [0.15, 0.2) is 5.03 Å². The summed E-state index contributed by atoms with van der Waals surface area (Å²) in [4.78, 5) is 0. The zero-order valence-electron chi connectivity index (χ0n) is 7.08. The van der Waals surface area contributed by atoms with E-state index in [0.717, 1.165) is 0 Å². The topological polar surface area (TPSA) is 18.5 Å². The quantitative estimate of drug-likeness (QED) is 0.558. The molecule has 0 fully saturated rings. The number of hydrogen-bond donors (Lipinski definition) is 0. The SMILES string of the molecule is COC(OC)(C(Cl)=C(F)F)C(F)(F)F. The third-order valence-corrected chi connectivity index (χ3v) is 1.79. The second-order valence-electron chi connectivity index (χ2n) is 2.10. The van der Waals surface area contributed by atoms with Gasteiger partial charge in [0.25, 0.3) is 6.08 Å². The van der Waals surface area contributed by atoms with E-state index in [0.29, 0.717) is 14.2 Å². The second-order valence-corrected chi connectivity index (χ2v) is 2.47. The molecule has 0 heterocycles. The molecule has 8 heteroatoms. The molecule has 0 aromatic rings. The second kappa shape index (κ2) is 4.41. The van der Waals surface area contributed by atoms with Gasteiger partial charge in [-0.1, -0.05) is 11.6 Å². The molecule has 0 rings (SSSR count). The highest BCUT2D eigenvalue weighted by molar-refractivity contribution is 6.30.